The summed E-state index contributed by atoms with van der Waals surface area (Å²) in [5.41, 5.74) is 1.77. The first-order chi connectivity index (χ1) is 16.6. The highest BCUT2D eigenvalue weighted by atomic mass is 16.6. The van der Waals surface area contributed by atoms with E-state index < -0.39 is 18.1 Å². The molecule has 0 saturated carbocycles. The average molecular weight is 468 g/mol. The second kappa shape index (κ2) is 11.7. The Morgan fingerprint density at radius 2 is 1.76 bits per heavy atom. The van der Waals surface area contributed by atoms with Crippen LogP contribution in [0, 0.1) is 0 Å². The number of ether oxygens (including phenoxy) is 3. The zero-order valence-corrected chi connectivity index (χ0v) is 19.6. The number of esters is 1. The molecule has 0 aromatic heterocycles. The molecular formula is C26H33N3O5. The fourth-order valence-corrected chi connectivity index (χ4v) is 4.42. The predicted octanol–water partition coefficient (Wildman–Crippen LogP) is 3.42. The lowest BCUT2D eigenvalue weighted by atomic mass is 9.98. The Morgan fingerprint density at radius 1 is 1.03 bits per heavy atom. The number of nitrogens with zero attached hydrogens (tertiary/aromatic N) is 1. The van der Waals surface area contributed by atoms with Gasteiger partial charge in [0.15, 0.2) is 11.5 Å². The second-order valence-corrected chi connectivity index (χ2v) is 8.69. The van der Waals surface area contributed by atoms with Gasteiger partial charge in [-0.3, -0.25) is 4.79 Å². The summed E-state index contributed by atoms with van der Waals surface area (Å²) in [6, 6.07) is 14.6. The van der Waals surface area contributed by atoms with Crippen LogP contribution < -0.4 is 20.1 Å². The number of benzene rings is 2. The van der Waals surface area contributed by atoms with Gasteiger partial charge in [0.2, 0.25) is 0 Å². The van der Waals surface area contributed by atoms with Crippen LogP contribution in [0.4, 0.5) is 4.79 Å². The van der Waals surface area contributed by atoms with Crippen molar-refractivity contribution in [3.05, 3.63) is 59.7 Å². The third kappa shape index (κ3) is 6.63. The number of likely N-dealkylation sites (tertiary alicyclic amines) is 1. The van der Waals surface area contributed by atoms with Crippen molar-refractivity contribution >= 4 is 12.0 Å². The molecule has 2 aliphatic heterocycles. The summed E-state index contributed by atoms with van der Waals surface area (Å²) < 4.78 is 17.1. The van der Waals surface area contributed by atoms with Crippen molar-refractivity contribution in [1.82, 2.24) is 15.5 Å². The normalized spacial score (nSPS) is 17.0. The molecule has 2 heterocycles. The molecule has 0 bridgehead atoms. The molecule has 2 aromatic rings. The van der Waals surface area contributed by atoms with Crippen LogP contribution in [0.5, 0.6) is 11.5 Å². The maximum Gasteiger partial charge on any atom is 0.315 e. The molecule has 2 aliphatic rings. The van der Waals surface area contributed by atoms with Gasteiger partial charge in [-0.25, -0.2) is 4.79 Å². The number of hydrogen-bond donors (Lipinski definition) is 2. The Kier molecular flexibility index (Phi) is 8.25. The number of nitrogens with one attached hydrogen (secondary N) is 2. The molecule has 0 unspecified atom stereocenters. The first-order valence-corrected chi connectivity index (χ1v) is 12.0. The summed E-state index contributed by atoms with van der Waals surface area (Å²) in [6.45, 7) is 5.68. The van der Waals surface area contributed by atoms with E-state index in [0.717, 1.165) is 30.8 Å². The van der Waals surface area contributed by atoms with Gasteiger partial charge in [0.1, 0.15) is 19.3 Å². The molecule has 0 radical (unpaired) electrons. The summed E-state index contributed by atoms with van der Waals surface area (Å²) in [7, 11) is 0. The smallest absolute Gasteiger partial charge is 0.315 e. The lowest BCUT2D eigenvalue weighted by molar-refractivity contribution is -0.148. The molecule has 2 aromatic carbocycles. The van der Waals surface area contributed by atoms with E-state index in [9.17, 15) is 9.59 Å². The van der Waals surface area contributed by atoms with Crippen LogP contribution >= 0.6 is 0 Å². The Bertz CT molecular complexity index is 962. The third-order valence-corrected chi connectivity index (χ3v) is 6.12. The standard InChI is InChI=1S/C26H33N3O5/c1-19(30)34-25(21-9-10-23-24(17-21)33-16-15-32-23)22(11-14-29-12-5-6-13-29)28-26(31)27-18-20-7-3-2-4-8-20/h2-4,7-10,17,22,25H,5-6,11-16,18H2,1H3,(H2,27,28,31)/t22-,25-/m1/s1. The molecule has 2 N–H and O–H groups in total. The summed E-state index contributed by atoms with van der Waals surface area (Å²) in [6.07, 6.45) is 2.36. The average Bonchev–Trinajstić information content (AvgIpc) is 3.38. The quantitative estimate of drug-likeness (QED) is 0.550. The molecule has 1 saturated heterocycles. The summed E-state index contributed by atoms with van der Waals surface area (Å²) in [5.74, 6) is 0.879. The van der Waals surface area contributed by atoms with Crippen molar-refractivity contribution in [3.8, 4) is 11.5 Å². The van der Waals surface area contributed by atoms with Gasteiger partial charge >= 0.3 is 12.0 Å². The first kappa shape index (κ1) is 23.9. The minimum absolute atomic E-state index is 0.301. The number of hydrogen-bond acceptors (Lipinski definition) is 6. The molecule has 2 amide bonds. The van der Waals surface area contributed by atoms with Crippen molar-refractivity contribution in [1.29, 1.82) is 0 Å². The molecule has 8 nitrogen and oxygen atoms in total. The van der Waals surface area contributed by atoms with Gasteiger partial charge in [0.05, 0.1) is 6.04 Å². The van der Waals surface area contributed by atoms with Gasteiger partial charge in [0.25, 0.3) is 0 Å². The number of rotatable bonds is 9. The van der Waals surface area contributed by atoms with Crippen LogP contribution in [0.3, 0.4) is 0 Å². The molecule has 2 atom stereocenters. The van der Waals surface area contributed by atoms with E-state index in [0.29, 0.717) is 37.7 Å². The minimum atomic E-state index is -0.654. The van der Waals surface area contributed by atoms with Crippen LogP contribution in [-0.2, 0) is 16.1 Å². The predicted molar refractivity (Wildman–Crippen MR) is 128 cm³/mol. The molecule has 34 heavy (non-hydrogen) atoms. The van der Waals surface area contributed by atoms with Gasteiger partial charge in [-0.05, 0) is 55.6 Å². The number of carbonyl (C=O) groups excluding carboxylic acids is 2. The topological polar surface area (TPSA) is 89.1 Å². The lowest BCUT2D eigenvalue weighted by Crippen LogP contribution is -2.47. The number of urea groups is 1. The Labute approximate surface area is 200 Å². The Hall–Kier alpha value is -3.26. The van der Waals surface area contributed by atoms with Crippen molar-refractivity contribution in [3.63, 3.8) is 0 Å². The number of carbonyl (C=O) groups is 2. The van der Waals surface area contributed by atoms with E-state index in [2.05, 4.69) is 15.5 Å². The molecule has 1 fully saturated rings. The zero-order valence-electron chi connectivity index (χ0n) is 19.6. The van der Waals surface area contributed by atoms with Crippen LogP contribution in [0.1, 0.15) is 43.4 Å². The molecule has 4 rings (SSSR count). The van der Waals surface area contributed by atoms with Crippen LogP contribution in [0.15, 0.2) is 48.5 Å². The summed E-state index contributed by atoms with van der Waals surface area (Å²) in [5, 5.41) is 5.99. The van der Waals surface area contributed by atoms with Crippen LogP contribution in [0.25, 0.3) is 0 Å². The lowest BCUT2D eigenvalue weighted by Gasteiger charge is -2.30. The van der Waals surface area contributed by atoms with E-state index in [1.807, 2.05) is 48.5 Å². The molecule has 182 valence electrons. The highest BCUT2D eigenvalue weighted by molar-refractivity contribution is 5.74. The van der Waals surface area contributed by atoms with Crippen molar-refractivity contribution in [2.75, 3.05) is 32.8 Å². The van der Waals surface area contributed by atoms with E-state index in [1.54, 1.807) is 0 Å². The molecule has 8 heteroatoms. The maximum absolute atomic E-state index is 12.9. The van der Waals surface area contributed by atoms with Gasteiger partial charge in [-0.1, -0.05) is 36.4 Å². The first-order valence-electron chi connectivity index (χ1n) is 12.0. The molecule has 0 aliphatic carbocycles. The van der Waals surface area contributed by atoms with Gasteiger partial charge < -0.3 is 29.7 Å². The van der Waals surface area contributed by atoms with Gasteiger partial charge in [-0.15, -0.1) is 0 Å². The monoisotopic (exact) mass is 467 g/mol. The van der Waals surface area contributed by atoms with Crippen molar-refractivity contribution in [2.24, 2.45) is 0 Å². The van der Waals surface area contributed by atoms with Crippen LogP contribution in [0.2, 0.25) is 0 Å². The minimum Gasteiger partial charge on any atom is -0.486 e. The Balaban J connectivity index is 1.51. The van der Waals surface area contributed by atoms with E-state index >= 15 is 0 Å². The SMILES string of the molecule is CC(=O)O[C@H](c1ccc2c(c1)OCCO2)[C@@H](CCN1CCCC1)NC(=O)NCc1ccccc1. The Morgan fingerprint density at radius 3 is 2.50 bits per heavy atom. The fraction of sp³-hybridized carbons (Fsp3) is 0.462. The van der Waals surface area contributed by atoms with E-state index in [4.69, 9.17) is 14.2 Å². The fourth-order valence-electron chi connectivity index (χ4n) is 4.42. The largest absolute Gasteiger partial charge is 0.486 e. The van der Waals surface area contributed by atoms with E-state index in [1.165, 1.54) is 19.8 Å². The maximum atomic E-state index is 12.9. The highest BCUT2D eigenvalue weighted by Crippen LogP contribution is 2.35. The summed E-state index contributed by atoms with van der Waals surface area (Å²) >= 11 is 0. The van der Waals surface area contributed by atoms with Crippen molar-refractivity contribution < 1.29 is 23.8 Å². The van der Waals surface area contributed by atoms with Gasteiger partial charge in [0, 0.05) is 20.0 Å². The van der Waals surface area contributed by atoms with Crippen LogP contribution in [-0.4, -0.2) is 55.8 Å². The second-order valence-electron chi connectivity index (χ2n) is 8.69. The molecule has 0 spiro atoms. The van der Waals surface area contributed by atoms with Gasteiger partial charge in [-0.2, -0.15) is 0 Å². The summed E-state index contributed by atoms with van der Waals surface area (Å²) in [4.78, 5) is 27.3. The highest BCUT2D eigenvalue weighted by Gasteiger charge is 2.30. The van der Waals surface area contributed by atoms with Crippen molar-refractivity contribution in [2.45, 2.75) is 44.9 Å². The molecular weight excluding hydrogens is 434 g/mol. The number of fused-ring (bicyclic) bond motifs is 1. The van der Waals surface area contributed by atoms with E-state index in [-0.39, 0.29) is 6.03 Å². The zero-order chi connectivity index (χ0) is 23.8. The number of amides is 2. The third-order valence-electron chi connectivity index (χ3n) is 6.12.